The second-order valence-electron chi connectivity index (χ2n) is 3.57. The number of anilines is 1. The van der Waals surface area contributed by atoms with Crippen molar-refractivity contribution in [1.29, 1.82) is 0 Å². The molecule has 96 valence electrons. The van der Waals surface area contributed by atoms with Gasteiger partial charge in [-0.1, -0.05) is 11.6 Å². The lowest BCUT2D eigenvalue weighted by Gasteiger charge is -2.03. The Labute approximate surface area is 109 Å². The Morgan fingerprint density at radius 2 is 2.11 bits per heavy atom. The van der Waals surface area contributed by atoms with Crippen molar-refractivity contribution in [3.8, 4) is 0 Å². The lowest BCUT2D eigenvalue weighted by atomic mass is 10.6. The van der Waals surface area contributed by atoms with Crippen LogP contribution in [-0.4, -0.2) is 27.9 Å². The molecule has 7 nitrogen and oxygen atoms in total. The Bertz CT molecular complexity index is 663. The Morgan fingerprint density at radius 3 is 2.67 bits per heavy atom. The number of rotatable bonds is 3. The van der Waals surface area contributed by atoms with Crippen molar-refractivity contribution >= 4 is 27.4 Å². The van der Waals surface area contributed by atoms with Gasteiger partial charge >= 0.3 is 0 Å². The molecule has 0 fully saturated rings. The zero-order chi connectivity index (χ0) is 13.3. The molecule has 0 aromatic carbocycles. The van der Waals surface area contributed by atoms with Crippen LogP contribution < -0.4 is 4.72 Å². The molecule has 0 atom stereocenters. The molecule has 1 N–H and O–H groups in total. The molecule has 2 aromatic rings. The average Bonchev–Trinajstić information content (AvgIpc) is 2.59. The van der Waals surface area contributed by atoms with E-state index >= 15 is 0 Å². The summed E-state index contributed by atoms with van der Waals surface area (Å²) in [7, 11) is -2.05. The molecule has 18 heavy (non-hydrogen) atoms. The molecule has 2 rings (SSSR count). The van der Waals surface area contributed by atoms with Crippen LogP contribution >= 0.6 is 11.6 Å². The minimum Gasteiger partial charge on any atom is -0.337 e. The Kier molecular flexibility index (Phi) is 3.22. The topological polar surface area (TPSA) is 89.8 Å². The van der Waals surface area contributed by atoms with E-state index in [1.54, 1.807) is 18.5 Å². The van der Waals surface area contributed by atoms with Gasteiger partial charge in [0.05, 0.1) is 0 Å². The van der Waals surface area contributed by atoms with E-state index in [0.717, 1.165) is 0 Å². The molecule has 0 saturated heterocycles. The molecule has 0 amide bonds. The fourth-order valence-electron chi connectivity index (χ4n) is 1.24. The van der Waals surface area contributed by atoms with Gasteiger partial charge in [-0.3, -0.25) is 4.72 Å². The summed E-state index contributed by atoms with van der Waals surface area (Å²) < 4.78 is 27.9. The highest BCUT2D eigenvalue weighted by molar-refractivity contribution is 7.92. The van der Waals surface area contributed by atoms with E-state index in [4.69, 9.17) is 11.6 Å². The van der Waals surface area contributed by atoms with Crippen LogP contribution in [0.2, 0.25) is 5.15 Å². The summed E-state index contributed by atoms with van der Waals surface area (Å²) in [5.74, 6) is 0.689. The Hall–Kier alpha value is -1.67. The van der Waals surface area contributed by atoms with Crippen molar-refractivity contribution in [2.45, 2.75) is 11.9 Å². The summed E-state index contributed by atoms with van der Waals surface area (Å²) in [4.78, 5) is 11.4. The van der Waals surface area contributed by atoms with Crippen LogP contribution in [0, 0.1) is 6.92 Å². The summed E-state index contributed by atoms with van der Waals surface area (Å²) in [5, 5.41) is 0.0807. The fourth-order valence-corrected chi connectivity index (χ4v) is 2.42. The number of nitrogens with one attached hydrogen (secondary N) is 1. The minimum atomic E-state index is -3.76. The van der Waals surface area contributed by atoms with E-state index in [2.05, 4.69) is 19.7 Å². The normalized spacial score (nSPS) is 11.5. The third-order valence-electron chi connectivity index (χ3n) is 2.23. The zero-order valence-electron chi connectivity index (χ0n) is 9.62. The zero-order valence-corrected chi connectivity index (χ0v) is 11.2. The largest absolute Gasteiger partial charge is 0.337 e. The van der Waals surface area contributed by atoms with E-state index in [0.29, 0.717) is 5.82 Å². The summed E-state index contributed by atoms with van der Waals surface area (Å²) in [5.41, 5.74) is 0. The van der Waals surface area contributed by atoms with Crippen LogP contribution in [0.25, 0.3) is 0 Å². The number of aryl methyl sites for hydroxylation is 2. The number of hydrogen-bond donors (Lipinski definition) is 1. The molecule has 2 aromatic heterocycles. The van der Waals surface area contributed by atoms with Crippen LogP contribution in [0.4, 0.5) is 5.82 Å². The van der Waals surface area contributed by atoms with Crippen molar-refractivity contribution in [3.63, 3.8) is 0 Å². The molecular weight excluding hydrogens is 278 g/mol. The third-order valence-corrected chi connectivity index (χ3v) is 3.67. The maximum Gasteiger partial charge on any atom is 0.282 e. The first-order valence-electron chi connectivity index (χ1n) is 4.89. The van der Waals surface area contributed by atoms with Gasteiger partial charge in [-0.2, -0.15) is 8.42 Å². The maximum atomic E-state index is 12.0. The first-order valence-corrected chi connectivity index (χ1v) is 6.75. The van der Waals surface area contributed by atoms with Crippen LogP contribution in [0.3, 0.4) is 0 Å². The standard InChI is InChI=1S/C9H10ClN5O2S/c1-6-13-9(4-15(6)2)18(16,17)14-8-3-7(10)11-5-12-8/h3-5H,1-2H3,(H,11,12,14). The molecule has 0 saturated carbocycles. The van der Waals surface area contributed by atoms with E-state index in [-0.39, 0.29) is 16.0 Å². The lowest BCUT2D eigenvalue weighted by Crippen LogP contribution is -2.14. The highest BCUT2D eigenvalue weighted by Gasteiger charge is 2.19. The van der Waals surface area contributed by atoms with Gasteiger partial charge in [0, 0.05) is 19.3 Å². The van der Waals surface area contributed by atoms with Crippen molar-refractivity contribution in [3.05, 3.63) is 29.6 Å². The second kappa shape index (κ2) is 4.54. The monoisotopic (exact) mass is 287 g/mol. The second-order valence-corrected chi connectivity index (χ2v) is 5.59. The third kappa shape index (κ3) is 2.59. The van der Waals surface area contributed by atoms with Gasteiger partial charge in [-0.25, -0.2) is 15.0 Å². The van der Waals surface area contributed by atoms with Gasteiger partial charge in [-0.05, 0) is 6.92 Å². The smallest absolute Gasteiger partial charge is 0.282 e. The van der Waals surface area contributed by atoms with Gasteiger partial charge in [0.15, 0.2) is 5.03 Å². The number of sulfonamides is 1. The summed E-state index contributed by atoms with van der Waals surface area (Å²) in [6, 6.07) is 1.31. The van der Waals surface area contributed by atoms with E-state index in [1.165, 1.54) is 18.6 Å². The average molecular weight is 288 g/mol. The van der Waals surface area contributed by atoms with Gasteiger partial charge in [-0.15, -0.1) is 0 Å². The van der Waals surface area contributed by atoms with Gasteiger partial charge < -0.3 is 4.57 Å². The number of imidazole rings is 1. The first kappa shape index (κ1) is 12.8. The lowest BCUT2D eigenvalue weighted by molar-refractivity contribution is 0.597. The van der Waals surface area contributed by atoms with Crippen LogP contribution in [0.1, 0.15) is 5.82 Å². The predicted octanol–water partition coefficient (Wildman–Crippen LogP) is 0.973. The van der Waals surface area contributed by atoms with Gasteiger partial charge in [0.2, 0.25) is 0 Å². The van der Waals surface area contributed by atoms with Crippen LogP contribution in [-0.2, 0) is 17.1 Å². The van der Waals surface area contributed by atoms with E-state index in [9.17, 15) is 8.42 Å². The van der Waals surface area contributed by atoms with Crippen LogP contribution in [0.15, 0.2) is 23.6 Å². The molecule has 9 heteroatoms. The fraction of sp³-hybridized carbons (Fsp3) is 0.222. The first-order chi connectivity index (χ1) is 8.38. The number of hydrogen-bond acceptors (Lipinski definition) is 5. The van der Waals surface area contributed by atoms with Gasteiger partial charge in [0.1, 0.15) is 23.1 Å². The minimum absolute atomic E-state index is 0.0720. The van der Waals surface area contributed by atoms with E-state index in [1.807, 2.05) is 0 Å². The SMILES string of the molecule is Cc1nc(S(=O)(=O)Nc2cc(Cl)ncn2)cn1C. The van der Waals surface area contributed by atoms with Crippen molar-refractivity contribution in [2.24, 2.45) is 7.05 Å². The Morgan fingerprint density at radius 1 is 1.39 bits per heavy atom. The summed E-state index contributed by atoms with van der Waals surface area (Å²) in [6.45, 7) is 1.71. The molecule has 0 aliphatic carbocycles. The molecule has 0 bridgehead atoms. The summed E-state index contributed by atoms with van der Waals surface area (Å²) in [6.07, 6.45) is 2.59. The molecule has 2 heterocycles. The number of aromatic nitrogens is 4. The molecule has 0 aliphatic rings. The quantitative estimate of drug-likeness (QED) is 0.850. The van der Waals surface area contributed by atoms with Crippen molar-refractivity contribution in [2.75, 3.05) is 4.72 Å². The number of nitrogens with zero attached hydrogens (tertiary/aromatic N) is 4. The molecule has 0 unspecified atom stereocenters. The molecular formula is C9H10ClN5O2S. The molecule has 0 radical (unpaired) electrons. The highest BCUT2D eigenvalue weighted by Crippen LogP contribution is 2.15. The van der Waals surface area contributed by atoms with Gasteiger partial charge in [0.25, 0.3) is 10.0 Å². The molecule has 0 aliphatic heterocycles. The van der Waals surface area contributed by atoms with Crippen LogP contribution in [0.5, 0.6) is 0 Å². The van der Waals surface area contributed by atoms with E-state index < -0.39 is 10.0 Å². The highest BCUT2D eigenvalue weighted by atomic mass is 35.5. The molecule has 0 spiro atoms. The number of halogens is 1. The van der Waals surface area contributed by atoms with Crippen molar-refractivity contribution in [1.82, 2.24) is 19.5 Å². The summed E-state index contributed by atoms with van der Waals surface area (Å²) >= 11 is 5.64. The van der Waals surface area contributed by atoms with Crippen molar-refractivity contribution < 1.29 is 8.42 Å². The maximum absolute atomic E-state index is 12.0. The Balaban J connectivity index is 2.33. The predicted molar refractivity (Wildman–Crippen MR) is 65.8 cm³/mol.